The Labute approximate surface area is 89.6 Å². The molecule has 76 valence electrons. The van der Waals surface area contributed by atoms with E-state index in [-0.39, 0.29) is 0 Å². The first kappa shape index (κ1) is 11.2. The first-order valence-electron chi connectivity index (χ1n) is 5.01. The van der Waals surface area contributed by atoms with Crippen molar-refractivity contribution in [2.45, 2.75) is 39.3 Å². The van der Waals surface area contributed by atoms with Crippen LogP contribution in [-0.4, -0.2) is 6.04 Å². The molecule has 1 heterocycles. The minimum atomic E-state index is 0.600. The van der Waals surface area contributed by atoms with E-state index in [1.165, 1.54) is 4.88 Å². The van der Waals surface area contributed by atoms with E-state index in [2.05, 4.69) is 25.2 Å². The lowest BCUT2D eigenvalue weighted by atomic mass is 10.2. The maximum absolute atomic E-state index is 8.66. The predicted octanol–water partition coefficient (Wildman–Crippen LogP) is 2.90. The molecule has 0 aliphatic heterocycles. The summed E-state index contributed by atoms with van der Waals surface area (Å²) in [6, 6.07) is 4.70. The highest BCUT2D eigenvalue weighted by molar-refractivity contribution is 7.10. The van der Waals surface area contributed by atoms with Gasteiger partial charge >= 0.3 is 0 Å². The summed E-state index contributed by atoms with van der Waals surface area (Å²) in [4.78, 5) is 1.24. The number of nitrogens with zero attached hydrogens (tertiary/aromatic N) is 1. The Bertz CT molecular complexity index is 307. The standard InChI is InChI=1S/C11H16N2S/c1-3-10(4-2)13-7-11-5-9(6-12)8-14-11/h5,8,10,13H,3-4,7H2,1-2H3. The van der Waals surface area contributed by atoms with Crippen LogP contribution in [0.25, 0.3) is 0 Å². The molecule has 0 saturated carbocycles. The highest BCUT2D eigenvalue weighted by Gasteiger charge is 2.03. The molecule has 1 aromatic rings. The third-order valence-electron chi connectivity index (χ3n) is 2.33. The van der Waals surface area contributed by atoms with Crippen molar-refractivity contribution in [3.05, 3.63) is 21.9 Å². The van der Waals surface area contributed by atoms with Gasteiger partial charge in [-0.15, -0.1) is 11.3 Å². The molecule has 1 rings (SSSR count). The Balaban J connectivity index is 2.41. The van der Waals surface area contributed by atoms with Gasteiger partial charge in [-0.3, -0.25) is 0 Å². The Morgan fingerprint density at radius 3 is 2.71 bits per heavy atom. The van der Waals surface area contributed by atoms with Crippen LogP contribution in [0.5, 0.6) is 0 Å². The van der Waals surface area contributed by atoms with E-state index in [1.54, 1.807) is 11.3 Å². The van der Waals surface area contributed by atoms with E-state index in [0.717, 1.165) is 24.9 Å². The summed E-state index contributed by atoms with van der Waals surface area (Å²) in [5.41, 5.74) is 0.774. The second-order valence-electron chi connectivity index (χ2n) is 3.31. The smallest absolute Gasteiger partial charge is 0.100 e. The number of nitriles is 1. The molecule has 0 fully saturated rings. The Kier molecular flexibility index (Phi) is 4.64. The predicted molar refractivity (Wildman–Crippen MR) is 60.2 cm³/mol. The maximum atomic E-state index is 8.66. The highest BCUT2D eigenvalue weighted by atomic mass is 32.1. The van der Waals surface area contributed by atoms with Crippen LogP contribution < -0.4 is 5.32 Å². The zero-order valence-corrected chi connectivity index (χ0v) is 9.53. The Hall–Kier alpha value is -0.850. The minimum absolute atomic E-state index is 0.600. The number of nitrogens with one attached hydrogen (secondary N) is 1. The molecule has 0 aliphatic carbocycles. The van der Waals surface area contributed by atoms with Gasteiger partial charge in [0.2, 0.25) is 0 Å². The van der Waals surface area contributed by atoms with Crippen LogP contribution in [0.4, 0.5) is 0 Å². The molecule has 0 aromatic carbocycles. The highest BCUT2D eigenvalue weighted by Crippen LogP contribution is 2.13. The summed E-state index contributed by atoms with van der Waals surface area (Å²) in [5.74, 6) is 0. The molecule has 0 aliphatic rings. The third-order valence-corrected chi connectivity index (χ3v) is 3.27. The van der Waals surface area contributed by atoms with Crippen LogP contribution in [0.15, 0.2) is 11.4 Å². The van der Waals surface area contributed by atoms with Crippen LogP contribution in [0.2, 0.25) is 0 Å². The minimum Gasteiger partial charge on any atom is -0.309 e. The Morgan fingerprint density at radius 1 is 1.50 bits per heavy atom. The fraction of sp³-hybridized carbons (Fsp3) is 0.545. The molecule has 1 aromatic heterocycles. The molecule has 2 nitrogen and oxygen atoms in total. The fourth-order valence-corrected chi connectivity index (χ4v) is 2.12. The van der Waals surface area contributed by atoms with Crippen molar-refractivity contribution >= 4 is 11.3 Å². The van der Waals surface area contributed by atoms with Crippen molar-refractivity contribution in [3.63, 3.8) is 0 Å². The summed E-state index contributed by atoms with van der Waals surface area (Å²) < 4.78 is 0. The zero-order valence-electron chi connectivity index (χ0n) is 8.71. The summed E-state index contributed by atoms with van der Waals surface area (Å²) in [6.07, 6.45) is 2.32. The lowest BCUT2D eigenvalue weighted by molar-refractivity contribution is 0.486. The summed E-state index contributed by atoms with van der Waals surface area (Å²) in [5, 5.41) is 14.0. The van der Waals surface area contributed by atoms with Gasteiger partial charge in [-0.25, -0.2) is 0 Å². The zero-order chi connectivity index (χ0) is 10.4. The average molecular weight is 208 g/mol. The number of hydrogen-bond donors (Lipinski definition) is 1. The first-order chi connectivity index (χ1) is 6.80. The van der Waals surface area contributed by atoms with Gasteiger partial charge in [0, 0.05) is 22.8 Å². The van der Waals surface area contributed by atoms with Gasteiger partial charge in [0.1, 0.15) is 6.07 Å². The van der Waals surface area contributed by atoms with Crippen LogP contribution in [0.3, 0.4) is 0 Å². The van der Waals surface area contributed by atoms with E-state index in [4.69, 9.17) is 5.26 Å². The molecule has 0 saturated heterocycles. The molecule has 0 amide bonds. The van der Waals surface area contributed by atoms with E-state index < -0.39 is 0 Å². The first-order valence-corrected chi connectivity index (χ1v) is 5.89. The summed E-state index contributed by atoms with van der Waals surface area (Å²) in [6.45, 7) is 5.27. The monoisotopic (exact) mass is 208 g/mol. The van der Waals surface area contributed by atoms with Crippen LogP contribution in [0, 0.1) is 11.3 Å². The SMILES string of the molecule is CCC(CC)NCc1cc(C#N)cs1. The average Bonchev–Trinajstić information content (AvgIpc) is 2.67. The van der Waals surface area contributed by atoms with Crippen LogP contribution >= 0.6 is 11.3 Å². The van der Waals surface area contributed by atoms with Crippen LogP contribution in [0.1, 0.15) is 37.1 Å². The molecule has 0 spiro atoms. The maximum Gasteiger partial charge on any atom is 0.100 e. The molecule has 1 N–H and O–H groups in total. The molecule has 0 atom stereocenters. The van der Waals surface area contributed by atoms with Crippen molar-refractivity contribution < 1.29 is 0 Å². The van der Waals surface area contributed by atoms with Gasteiger partial charge in [-0.2, -0.15) is 5.26 Å². The quantitative estimate of drug-likeness (QED) is 0.807. The topological polar surface area (TPSA) is 35.8 Å². The lowest BCUT2D eigenvalue weighted by Crippen LogP contribution is -2.26. The second kappa shape index (κ2) is 5.79. The molecule has 14 heavy (non-hydrogen) atoms. The summed E-state index contributed by atoms with van der Waals surface area (Å²) in [7, 11) is 0. The number of hydrogen-bond acceptors (Lipinski definition) is 3. The fourth-order valence-electron chi connectivity index (χ4n) is 1.35. The van der Waals surface area contributed by atoms with E-state index in [1.807, 2.05) is 11.4 Å². The van der Waals surface area contributed by atoms with Crippen molar-refractivity contribution in [1.29, 1.82) is 5.26 Å². The van der Waals surface area contributed by atoms with Gasteiger partial charge in [0.05, 0.1) is 5.56 Å². The summed E-state index contributed by atoms with van der Waals surface area (Å²) >= 11 is 1.65. The van der Waals surface area contributed by atoms with Gasteiger partial charge in [-0.1, -0.05) is 13.8 Å². The van der Waals surface area contributed by atoms with Crippen molar-refractivity contribution in [3.8, 4) is 6.07 Å². The number of rotatable bonds is 5. The van der Waals surface area contributed by atoms with Crippen molar-refractivity contribution in [2.24, 2.45) is 0 Å². The van der Waals surface area contributed by atoms with Crippen molar-refractivity contribution in [1.82, 2.24) is 5.32 Å². The third kappa shape index (κ3) is 3.13. The van der Waals surface area contributed by atoms with Gasteiger partial charge in [-0.05, 0) is 18.9 Å². The van der Waals surface area contributed by atoms with Crippen molar-refractivity contribution in [2.75, 3.05) is 0 Å². The van der Waals surface area contributed by atoms with E-state index in [0.29, 0.717) is 6.04 Å². The molecule has 0 unspecified atom stereocenters. The van der Waals surface area contributed by atoms with E-state index in [9.17, 15) is 0 Å². The van der Waals surface area contributed by atoms with Crippen LogP contribution in [-0.2, 0) is 6.54 Å². The molecule has 0 bridgehead atoms. The lowest BCUT2D eigenvalue weighted by Gasteiger charge is -2.13. The molecular formula is C11H16N2S. The second-order valence-corrected chi connectivity index (χ2v) is 4.30. The van der Waals surface area contributed by atoms with Gasteiger partial charge < -0.3 is 5.32 Å². The normalized spacial score (nSPS) is 10.4. The molecular weight excluding hydrogens is 192 g/mol. The van der Waals surface area contributed by atoms with Gasteiger partial charge in [0.15, 0.2) is 0 Å². The molecule has 0 radical (unpaired) electrons. The van der Waals surface area contributed by atoms with Gasteiger partial charge in [0.25, 0.3) is 0 Å². The van der Waals surface area contributed by atoms with E-state index >= 15 is 0 Å². The Morgan fingerprint density at radius 2 is 2.21 bits per heavy atom. The number of thiophene rings is 1. The largest absolute Gasteiger partial charge is 0.309 e. The molecule has 3 heteroatoms.